The van der Waals surface area contributed by atoms with Crippen molar-refractivity contribution in [1.82, 2.24) is 14.8 Å². The Morgan fingerprint density at radius 3 is 2.57 bits per heavy atom. The molecule has 0 N–H and O–H groups in total. The Morgan fingerprint density at radius 2 is 1.78 bits per heavy atom. The summed E-state index contributed by atoms with van der Waals surface area (Å²) in [5.41, 5.74) is 4.42. The molecule has 1 aromatic heterocycles. The molecule has 0 saturated carbocycles. The summed E-state index contributed by atoms with van der Waals surface area (Å²) in [4.78, 5) is 9.51. The Kier molecular flexibility index (Phi) is 4.40. The molecule has 120 valence electrons. The summed E-state index contributed by atoms with van der Waals surface area (Å²) in [6.07, 6.45) is 7.65. The second kappa shape index (κ2) is 6.81. The standard InChI is InChI=1S/C20H25N3/c1-2-6-19-16-23(13-7-18(19)5-1)20-8-11-22(12-9-20)15-17-4-3-10-21-14-17/h1-6,10,14,20H,7-9,11-13,15-16H2. The van der Waals surface area contributed by atoms with Crippen LogP contribution in [-0.4, -0.2) is 40.5 Å². The van der Waals surface area contributed by atoms with Gasteiger partial charge in [0.25, 0.3) is 0 Å². The van der Waals surface area contributed by atoms with Crippen LogP contribution in [0.25, 0.3) is 0 Å². The summed E-state index contributed by atoms with van der Waals surface area (Å²) < 4.78 is 0. The van der Waals surface area contributed by atoms with E-state index in [1.54, 1.807) is 5.56 Å². The number of hydrogen-bond acceptors (Lipinski definition) is 3. The van der Waals surface area contributed by atoms with Gasteiger partial charge in [-0.3, -0.25) is 14.8 Å². The van der Waals surface area contributed by atoms with Gasteiger partial charge in [0.1, 0.15) is 0 Å². The molecule has 0 atom stereocenters. The van der Waals surface area contributed by atoms with Gasteiger partial charge in [0.2, 0.25) is 0 Å². The average molecular weight is 307 g/mol. The van der Waals surface area contributed by atoms with E-state index < -0.39 is 0 Å². The minimum Gasteiger partial charge on any atom is -0.299 e. The van der Waals surface area contributed by atoms with Crippen molar-refractivity contribution in [1.29, 1.82) is 0 Å². The zero-order valence-electron chi connectivity index (χ0n) is 13.7. The van der Waals surface area contributed by atoms with Gasteiger partial charge in [-0.25, -0.2) is 0 Å². The monoisotopic (exact) mass is 307 g/mol. The zero-order chi connectivity index (χ0) is 15.5. The second-order valence-electron chi connectivity index (χ2n) is 6.86. The van der Waals surface area contributed by atoms with Crippen molar-refractivity contribution in [2.75, 3.05) is 19.6 Å². The van der Waals surface area contributed by atoms with Gasteiger partial charge in [0.05, 0.1) is 0 Å². The third-order valence-corrected chi connectivity index (χ3v) is 5.36. The maximum Gasteiger partial charge on any atom is 0.0312 e. The van der Waals surface area contributed by atoms with Crippen molar-refractivity contribution in [2.45, 2.75) is 38.4 Å². The van der Waals surface area contributed by atoms with Crippen LogP contribution in [0.4, 0.5) is 0 Å². The summed E-state index contributed by atoms with van der Waals surface area (Å²) in [5, 5.41) is 0. The highest BCUT2D eigenvalue weighted by molar-refractivity contribution is 5.29. The molecule has 3 nitrogen and oxygen atoms in total. The molecule has 0 radical (unpaired) electrons. The number of aromatic nitrogens is 1. The van der Waals surface area contributed by atoms with Crippen LogP contribution in [0, 0.1) is 0 Å². The van der Waals surface area contributed by atoms with Gasteiger partial charge in [-0.2, -0.15) is 0 Å². The minimum atomic E-state index is 0.758. The minimum absolute atomic E-state index is 0.758. The van der Waals surface area contributed by atoms with Gasteiger partial charge in [-0.05, 0) is 55.1 Å². The van der Waals surface area contributed by atoms with Crippen LogP contribution >= 0.6 is 0 Å². The van der Waals surface area contributed by atoms with Crippen molar-refractivity contribution in [3.63, 3.8) is 0 Å². The SMILES string of the molecule is c1cncc(CN2CCC(N3CCc4ccccc4C3)CC2)c1. The van der Waals surface area contributed by atoms with Crippen molar-refractivity contribution < 1.29 is 0 Å². The Bertz CT molecular complexity index is 632. The molecular formula is C20H25N3. The first kappa shape index (κ1) is 14.9. The van der Waals surface area contributed by atoms with Crippen molar-refractivity contribution in [3.05, 3.63) is 65.5 Å². The zero-order valence-corrected chi connectivity index (χ0v) is 13.7. The number of nitrogens with zero attached hydrogens (tertiary/aromatic N) is 3. The summed E-state index contributed by atoms with van der Waals surface area (Å²) in [6, 6.07) is 13.9. The molecular weight excluding hydrogens is 282 g/mol. The molecule has 2 aliphatic rings. The predicted molar refractivity (Wildman–Crippen MR) is 93.1 cm³/mol. The fraction of sp³-hybridized carbons (Fsp3) is 0.450. The molecule has 2 aliphatic heterocycles. The Hall–Kier alpha value is -1.71. The number of hydrogen-bond donors (Lipinski definition) is 0. The summed E-state index contributed by atoms with van der Waals surface area (Å²) in [5.74, 6) is 0. The molecule has 0 bridgehead atoms. The smallest absolute Gasteiger partial charge is 0.0312 e. The second-order valence-corrected chi connectivity index (χ2v) is 6.86. The van der Waals surface area contributed by atoms with Gasteiger partial charge >= 0.3 is 0 Å². The van der Waals surface area contributed by atoms with E-state index in [0.29, 0.717) is 0 Å². The molecule has 1 fully saturated rings. The van der Waals surface area contributed by atoms with E-state index in [0.717, 1.165) is 19.1 Å². The van der Waals surface area contributed by atoms with E-state index in [-0.39, 0.29) is 0 Å². The number of pyridine rings is 1. The largest absolute Gasteiger partial charge is 0.299 e. The van der Waals surface area contributed by atoms with Gasteiger partial charge in [0, 0.05) is 38.1 Å². The molecule has 3 heterocycles. The first-order valence-electron chi connectivity index (χ1n) is 8.80. The summed E-state index contributed by atoms with van der Waals surface area (Å²) in [6.45, 7) is 5.83. The molecule has 0 amide bonds. The molecule has 1 saturated heterocycles. The lowest BCUT2D eigenvalue weighted by molar-refractivity contribution is 0.0948. The normalized spacial score (nSPS) is 20.3. The van der Waals surface area contributed by atoms with Crippen molar-refractivity contribution >= 4 is 0 Å². The average Bonchev–Trinajstić information content (AvgIpc) is 2.63. The first-order chi connectivity index (χ1) is 11.4. The van der Waals surface area contributed by atoms with Crippen LogP contribution in [0.3, 0.4) is 0 Å². The fourth-order valence-corrected chi connectivity index (χ4v) is 4.02. The highest BCUT2D eigenvalue weighted by atomic mass is 15.2. The fourth-order valence-electron chi connectivity index (χ4n) is 4.02. The molecule has 1 aromatic carbocycles. The van der Waals surface area contributed by atoms with Crippen LogP contribution in [0.1, 0.15) is 29.5 Å². The molecule has 23 heavy (non-hydrogen) atoms. The highest BCUT2D eigenvalue weighted by Crippen LogP contribution is 2.25. The molecule has 2 aromatic rings. The Morgan fingerprint density at radius 1 is 0.957 bits per heavy atom. The number of benzene rings is 1. The molecule has 0 aliphatic carbocycles. The lowest BCUT2D eigenvalue weighted by atomic mass is 9.95. The van der Waals surface area contributed by atoms with Crippen LogP contribution < -0.4 is 0 Å². The van der Waals surface area contributed by atoms with Gasteiger partial charge in [0.15, 0.2) is 0 Å². The quantitative estimate of drug-likeness (QED) is 0.868. The summed E-state index contributed by atoms with van der Waals surface area (Å²) in [7, 11) is 0. The number of fused-ring (bicyclic) bond motifs is 1. The van der Waals surface area contributed by atoms with E-state index in [1.165, 1.54) is 50.0 Å². The topological polar surface area (TPSA) is 19.4 Å². The lowest BCUT2D eigenvalue weighted by Gasteiger charge is -2.40. The van der Waals surface area contributed by atoms with Gasteiger partial charge in [-0.1, -0.05) is 30.3 Å². The van der Waals surface area contributed by atoms with Crippen LogP contribution in [0.5, 0.6) is 0 Å². The van der Waals surface area contributed by atoms with Gasteiger partial charge < -0.3 is 0 Å². The first-order valence-corrected chi connectivity index (χ1v) is 8.80. The van der Waals surface area contributed by atoms with Crippen LogP contribution in [0.2, 0.25) is 0 Å². The van der Waals surface area contributed by atoms with Gasteiger partial charge in [-0.15, -0.1) is 0 Å². The van der Waals surface area contributed by atoms with E-state index >= 15 is 0 Å². The van der Waals surface area contributed by atoms with Crippen LogP contribution in [-0.2, 0) is 19.5 Å². The lowest BCUT2D eigenvalue weighted by Crippen LogP contribution is -2.46. The number of likely N-dealkylation sites (tertiary alicyclic amines) is 1. The van der Waals surface area contributed by atoms with E-state index in [9.17, 15) is 0 Å². The number of rotatable bonds is 3. The predicted octanol–water partition coefficient (Wildman–Crippen LogP) is 3.10. The molecule has 4 rings (SSSR count). The Balaban J connectivity index is 1.32. The van der Waals surface area contributed by atoms with E-state index in [2.05, 4.69) is 45.1 Å². The molecule has 0 spiro atoms. The third kappa shape index (κ3) is 3.46. The summed E-state index contributed by atoms with van der Waals surface area (Å²) >= 11 is 0. The van der Waals surface area contributed by atoms with E-state index in [1.807, 2.05) is 18.5 Å². The molecule has 0 unspecified atom stereocenters. The molecule has 3 heteroatoms. The van der Waals surface area contributed by atoms with E-state index in [4.69, 9.17) is 0 Å². The van der Waals surface area contributed by atoms with Crippen LogP contribution in [0.15, 0.2) is 48.8 Å². The third-order valence-electron chi connectivity index (χ3n) is 5.36. The maximum absolute atomic E-state index is 4.23. The van der Waals surface area contributed by atoms with Crippen molar-refractivity contribution in [2.24, 2.45) is 0 Å². The van der Waals surface area contributed by atoms with Crippen molar-refractivity contribution in [3.8, 4) is 0 Å². The maximum atomic E-state index is 4.23. The Labute approximate surface area is 139 Å². The number of piperidine rings is 1. The highest BCUT2D eigenvalue weighted by Gasteiger charge is 2.27.